The quantitative estimate of drug-likeness (QED) is 0.214. The molecule has 7 N–H and O–H groups in total. The molecule has 0 saturated carbocycles. The van der Waals surface area contributed by atoms with Gasteiger partial charge in [0.1, 0.15) is 31.0 Å². The Morgan fingerprint density at radius 3 is 2.36 bits per heavy atom. The second-order valence-corrected chi connectivity index (χ2v) is 5.53. The first kappa shape index (κ1) is 21.2. The molecule has 0 aromatic rings. The number of amides is 1. The lowest BCUT2D eigenvalue weighted by Gasteiger charge is -2.45. The van der Waals surface area contributed by atoms with Crippen LogP contribution in [0.5, 0.6) is 0 Å². The summed E-state index contributed by atoms with van der Waals surface area (Å²) in [5.41, 5.74) is 0. The summed E-state index contributed by atoms with van der Waals surface area (Å²) >= 11 is 0. The number of ether oxygens (including phenoxy) is 2. The molecular weight excluding hydrogens is 346 g/mol. The van der Waals surface area contributed by atoms with Crippen LogP contribution in [0, 0.1) is 0 Å². The van der Waals surface area contributed by atoms with Gasteiger partial charge >= 0.3 is 11.9 Å². The second kappa shape index (κ2) is 8.51. The van der Waals surface area contributed by atoms with Crippen molar-refractivity contribution in [3.05, 3.63) is 0 Å². The molecule has 12 heteroatoms. The van der Waals surface area contributed by atoms with E-state index >= 15 is 0 Å². The van der Waals surface area contributed by atoms with E-state index in [1.165, 1.54) is 0 Å². The zero-order chi connectivity index (χ0) is 19.4. The Bertz CT molecular complexity index is 512. The van der Waals surface area contributed by atoms with Crippen LogP contribution in [0.1, 0.15) is 13.3 Å². The summed E-state index contributed by atoms with van der Waals surface area (Å²) in [6.45, 7) is -0.905. The number of carboxylic acids is 1. The standard InChI is InChI=1S/C13H21NO11/c1-5(17)14-9-7(24-8(19)4-16)2-13(23,12(21)22)25-11(9)10(20)6(18)3-15/h6-7,9-11,15-16,18,20,23H,2-4H2,1H3,(H,14,17)(H,21,22)/t6-,7+,9-,10-,11-,13?/m1/s1. The van der Waals surface area contributed by atoms with Crippen LogP contribution >= 0.6 is 0 Å². The van der Waals surface area contributed by atoms with Gasteiger partial charge in [-0.2, -0.15) is 0 Å². The van der Waals surface area contributed by atoms with Gasteiger partial charge in [-0.05, 0) is 0 Å². The topological polar surface area (TPSA) is 203 Å². The summed E-state index contributed by atoms with van der Waals surface area (Å²) in [6, 6.07) is -1.37. The van der Waals surface area contributed by atoms with E-state index in [2.05, 4.69) is 5.32 Å². The largest absolute Gasteiger partial charge is 0.477 e. The lowest BCUT2D eigenvalue weighted by atomic mass is 9.88. The molecule has 0 radical (unpaired) electrons. The summed E-state index contributed by atoms with van der Waals surface area (Å²) in [7, 11) is 0. The minimum atomic E-state index is -2.91. The van der Waals surface area contributed by atoms with E-state index in [1.807, 2.05) is 0 Å². The van der Waals surface area contributed by atoms with E-state index < -0.39 is 73.7 Å². The number of hydrogen-bond acceptors (Lipinski definition) is 10. The molecule has 0 spiro atoms. The maximum absolute atomic E-state index is 11.4. The van der Waals surface area contributed by atoms with Gasteiger partial charge in [-0.15, -0.1) is 0 Å². The summed E-state index contributed by atoms with van der Waals surface area (Å²) in [5, 5.41) is 58.9. The number of rotatable bonds is 7. The Morgan fingerprint density at radius 1 is 1.32 bits per heavy atom. The van der Waals surface area contributed by atoms with Crippen LogP contribution in [0.3, 0.4) is 0 Å². The summed E-state index contributed by atoms with van der Waals surface area (Å²) in [5.74, 6) is -6.62. The highest BCUT2D eigenvalue weighted by molar-refractivity contribution is 5.77. The van der Waals surface area contributed by atoms with Gasteiger partial charge in [0.25, 0.3) is 5.79 Å². The van der Waals surface area contributed by atoms with Crippen LogP contribution in [0.2, 0.25) is 0 Å². The van der Waals surface area contributed by atoms with Gasteiger partial charge in [0.05, 0.1) is 19.1 Å². The molecule has 144 valence electrons. The smallest absolute Gasteiger partial charge is 0.364 e. The van der Waals surface area contributed by atoms with Gasteiger partial charge in [0, 0.05) is 6.92 Å². The highest BCUT2D eigenvalue weighted by Gasteiger charge is 2.55. The number of aliphatic hydroxyl groups excluding tert-OH is 4. The van der Waals surface area contributed by atoms with Crippen LogP contribution in [0.15, 0.2) is 0 Å². The molecule has 0 aliphatic carbocycles. The third-order valence-corrected chi connectivity index (χ3v) is 3.60. The van der Waals surface area contributed by atoms with Gasteiger partial charge < -0.3 is 45.4 Å². The van der Waals surface area contributed by atoms with Gasteiger partial charge in [0.15, 0.2) is 0 Å². The molecule has 1 fully saturated rings. The Labute approximate surface area is 141 Å². The summed E-state index contributed by atoms with van der Waals surface area (Å²) < 4.78 is 9.78. The number of carbonyl (C=O) groups excluding carboxylic acids is 2. The van der Waals surface area contributed by atoms with Gasteiger partial charge in [-0.1, -0.05) is 0 Å². The van der Waals surface area contributed by atoms with Crippen LogP contribution in [-0.4, -0.2) is 97.9 Å². The number of nitrogens with one attached hydrogen (secondary N) is 1. The van der Waals surface area contributed by atoms with Gasteiger partial charge in [-0.25, -0.2) is 9.59 Å². The fraction of sp³-hybridized carbons (Fsp3) is 0.769. The maximum Gasteiger partial charge on any atom is 0.364 e. The van der Waals surface area contributed by atoms with Gasteiger partial charge in [-0.3, -0.25) is 4.79 Å². The molecule has 1 aliphatic rings. The highest BCUT2D eigenvalue weighted by Crippen LogP contribution is 2.32. The fourth-order valence-electron chi connectivity index (χ4n) is 2.44. The normalized spacial score (nSPS) is 31.7. The molecule has 1 heterocycles. The van der Waals surface area contributed by atoms with Crippen molar-refractivity contribution >= 4 is 17.8 Å². The molecule has 12 nitrogen and oxygen atoms in total. The Kier molecular flexibility index (Phi) is 7.22. The third-order valence-electron chi connectivity index (χ3n) is 3.60. The van der Waals surface area contributed by atoms with Crippen molar-refractivity contribution in [1.82, 2.24) is 5.32 Å². The molecule has 25 heavy (non-hydrogen) atoms. The van der Waals surface area contributed by atoms with Crippen molar-refractivity contribution in [2.45, 2.75) is 49.6 Å². The number of carbonyl (C=O) groups is 3. The lowest BCUT2D eigenvalue weighted by molar-refractivity contribution is -0.296. The number of aliphatic carboxylic acids is 1. The molecule has 1 amide bonds. The summed E-state index contributed by atoms with van der Waals surface area (Å²) in [4.78, 5) is 34.0. The van der Waals surface area contributed by atoms with Crippen LogP contribution in [-0.2, 0) is 23.9 Å². The zero-order valence-corrected chi connectivity index (χ0v) is 13.2. The predicted molar refractivity (Wildman–Crippen MR) is 75.7 cm³/mol. The molecule has 0 aromatic heterocycles. The molecular formula is C13H21NO11. The summed E-state index contributed by atoms with van der Waals surface area (Å²) in [6.07, 6.45) is -7.83. The van der Waals surface area contributed by atoms with Crippen molar-refractivity contribution in [3.8, 4) is 0 Å². The second-order valence-electron chi connectivity index (χ2n) is 5.53. The number of carboxylic acid groups (broad SMARTS) is 1. The van der Waals surface area contributed by atoms with Gasteiger partial charge in [0.2, 0.25) is 5.91 Å². The Morgan fingerprint density at radius 2 is 1.92 bits per heavy atom. The minimum Gasteiger partial charge on any atom is -0.477 e. The van der Waals surface area contributed by atoms with Crippen molar-refractivity contribution in [3.63, 3.8) is 0 Å². The monoisotopic (exact) mass is 367 g/mol. The van der Waals surface area contributed by atoms with E-state index in [-0.39, 0.29) is 0 Å². The molecule has 1 aliphatic heterocycles. The van der Waals surface area contributed by atoms with Crippen molar-refractivity contribution in [1.29, 1.82) is 0 Å². The number of esters is 1. The molecule has 1 saturated heterocycles. The average molecular weight is 367 g/mol. The fourth-order valence-corrected chi connectivity index (χ4v) is 2.44. The number of aliphatic hydroxyl groups is 5. The molecule has 1 rings (SSSR count). The average Bonchev–Trinajstić information content (AvgIpc) is 2.54. The van der Waals surface area contributed by atoms with E-state index in [0.29, 0.717) is 0 Å². The Hall–Kier alpha value is -1.83. The van der Waals surface area contributed by atoms with E-state index in [9.17, 15) is 29.7 Å². The minimum absolute atomic E-state index is 0.671. The van der Waals surface area contributed by atoms with Crippen LogP contribution < -0.4 is 5.32 Å². The van der Waals surface area contributed by atoms with E-state index in [1.54, 1.807) is 0 Å². The molecule has 6 atom stereocenters. The van der Waals surface area contributed by atoms with Crippen LogP contribution in [0.4, 0.5) is 0 Å². The first-order chi connectivity index (χ1) is 11.6. The SMILES string of the molecule is CC(=O)N[C@H]1[C@H]([C@H](O)[C@H](O)CO)OC(O)(C(=O)O)C[C@@H]1OC(=O)CO. The molecule has 1 unspecified atom stereocenters. The van der Waals surface area contributed by atoms with Crippen LogP contribution in [0.25, 0.3) is 0 Å². The first-order valence-corrected chi connectivity index (χ1v) is 7.23. The molecule has 0 bridgehead atoms. The molecule has 0 aromatic carbocycles. The predicted octanol–water partition coefficient (Wildman–Crippen LogP) is -4.33. The van der Waals surface area contributed by atoms with Crippen molar-refractivity contribution in [2.24, 2.45) is 0 Å². The number of hydrogen-bond donors (Lipinski definition) is 7. The van der Waals surface area contributed by atoms with Crippen molar-refractivity contribution < 1.29 is 54.5 Å². The van der Waals surface area contributed by atoms with E-state index in [4.69, 9.17) is 24.8 Å². The highest BCUT2D eigenvalue weighted by atomic mass is 16.7. The lowest BCUT2D eigenvalue weighted by Crippen LogP contribution is -2.68. The van der Waals surface area contributed by atoms with Crippen molar-refractivity contribution in [2.75, 3.05) is 13.2 Å². The third kappa shape index (κ3) is 5.07. The maximum atomic E-state index is 11.4. The van der Waals surface area contributed by atoms with E-state index in [0.717, 1.165) is 6.92 Å². The first-order valence-electron chi connectivity index (χ1n) is 7.23. The Balaban J connectivity index is 3.26. The zero-order valence-electron chi connectivity index (χ0n) is 13.2.